The lowest BCUT2D eigenvalue weighted by Crippen LogP contribution is -2.54. The average Bonchev–Trinajstić information content (AvgIpc) is 3.64. The quantitative estimate of drug-likeness (QED) is 0.617. The van der Waals surface area contributed by atoms with Crippen LogP contribution < -0.4 is 0 Å². The number of carbonyl (C=O) groups is 3. The number of nitrogens with zero attached hydrogens (tertiary/aromatic N) is 4. The first-order chi connectivity index (χ1) is 18.5. The Morgan fingerprint density at radius 2 is 1.68 bits per heavy atom. The highest BCUT2D eigenvalue weighted by molar-refractivity contribution is 5.92. The Labute approximate surface area is 223 Å². The zero-order chi connectivity index (χ0) is 26.4. The van der Waals surface area contributed by atoms with Gasteiger partial charge in [-0.3, -0.25) is 14.4 Å². The van der Waals surface area contributed by atoms with Crippen molar-refractivity contribution in [3.63, 3.8) is 0 Å². The Bertz CT molecular complexity index is 1310. The van der Waals surface area contributed by atoms with Crippen molar-refractivity contribution in [2.75, 3.05) is 19.6 Å². The topological polar surface area (TPSA) is 84.7 Å². The Morgan fingerprint density at radius 1 is 1.03 bits per heavy atom. The molecule has 38 heavy (non-hydrogen) atoms. The van der Waals surface area contributed by atoms with Crippen LogP contribution in [0.2, 0.25) is 0 Å². The summed E-state index contributed by atoms with van der Waals surface area (Å²) in [5, 5.41) is 9.35. The maximum atomic E-state index is 13.7. The highest BCUT2D eigenvalue weighted by atomic mass is 16.2. The van der Waals surface area contributed by atoms with Gasteiger partial charge in [-0.05, 0) is 41.5 Å². The van der Waals surface area contributed by atoms with Crippen molar-refractivity contribution >= 4 is 29.9 Å². The molecular formula is C31H32N4O3. The van der Waals surface area contributed by atoms with Gasteiger partial charge >= 0.3 is 0 Å². The fourth-order valence-corrected chi connectivity index (χ4v) is 6.80. The molecule has 2 aromatic carbocycles. The van der Waals surface area contributed by atoms with Gasteiger partial charge in [0.15, 0.2) is 0 Å². The number of fused-ring (bicyclic) bond motifs is 4. The van der Waals surface area contributed by atoms with E-state index in [1.54, 1.807) is 14.7 Å². The monoisotopic (exact) mass is 508 g/mol. The number of carbonyl (C=O) groups excluding carboxylic acids is 3. The number of rotatable bonds is 5. The van der Waals surface area contributed by atoms with Gasteiger partial charge in [-0.25, -0.2) is 0 Å². The van der Waals surface area contributed by atoms with Crippen molar-refractivity contribution in [3.8, 4) is 6.07 Å². The molecule has 4 aliphatic rings. The van der Waals surface area contributed by atoms with Gasteiger partial charge < -0.3 is 14.7 Å². The van der Waals surface area contributed by atoms with E-state index in [1.807, 2.05) is 31.2 Å². The summed E-state index contributed by atoms with van der Waals surface area (Å²) in [6.07, 6.45) is 6.71. The predicted molar refractivity (Wildman–Crippen MR) is 143 cm³/mol. The van der Waals surface area contributed by atoms with Gasteiger partial charge in [-0.1, -0.05) is 67.6 Å². The number of amides is 3. The lowest BCUT2D eigenvalue weighted by atomic mass is 9.85. The molecule has 0 unspecified atom stereocenters. The molecule has 0 spiro atoms. The van der Waals surface area contributed by atoms with Crippen LogP contribution in [0.3, 0.4) is 0 Å². The van der Waals surface area contributed by atoms with Crippen molar-refractivity contribution in [2.24, 2.45) is 5.92 Å². The van der Waals surface area contributed by atoms with E-state index < -0.39 is 6.04 Å². The molecule has 7 nitrogen and oxygen atoms in total. The summed E-state index contributed by atoms with van der Waals surface area (Å²) in [6.45, 7) is 3.29. The van der Waals surface area contributed by atoms with Crippen LogP contribution in [0.25, 0.3) is 12.2 Å². The van der Waals surface area contributed by atoms with Crippen LogP contribution in [0, 0.1) is 17.2 Å². The smallest absolute Gasteiger partial charge is 0.245 e. The van der Waals surface area contributed by atoms with E-state index in [2.05, 4.69) is 42.5 Å². The van der Waals surface area contributed by atoms with E-state index in [0.717, 1.165) is 28.7 Å². The number of hydrogen-bond acceptors (Lipinski definition) is 4. The summed E-state index contributed by atoms with van der Waals surface area (Å²) < 4.78 is 0. The summed E-state index contributed by atoms with van der Waals surface area (Å²) in [4.78, 5) is 45.3. The molecule has 7 heteroatoms. The molecule has 2 bridgehead atoms. The van der Waals surface area contributed by atoms with Crippen molar-refractivity contribution in [1.82, 2.24) is 14.7 Å². The summed E-state index contributed by atoms with van der Waals surface area (Å²) in [5.74, 6) is -0.572. The predicted octanol–water partition coefficient (Wildman–Crippen LogP) is 3.65. The normalized spacial score (nSPS) is 24.7. The standard InChI is InChI=1S/C31H32N4O3/c1-20(30(37)33-14-6-9-23(33)17-32)18-34-24-15-28(31(34)38)35(19-24)29(36)16-27-25-10-4-2-7-21(25)12-13-22-8-3-5-11-26(22)27/h2-5,7-8,10-13,20,23-24,27-28H,6,9,14-16,18-19H2,1H3/t20-,23-,24+,28+/m0/s1. The van der Waals surface area contributed by atoms with E-state index in [0.29, 0.717) is 38.9 Å². The molecule has 3 fully saturated rings. The van der Waals surface area contributed by atoms with Gasteiger partial charge in [-0.15, -0.1) is 0 Å². The van der Waals surface area contributed by atoms with Crippen LogP contribution in [0.5, 0.6) is 0 Å². The second-order valence-electron chi connectivity index (χ2n) is 11.0. The van der Waals surface area contributed by atoms with Gasteiger partial charge in [0.2, 0.25) is 17.7 Å². The van der Waals surface area contributed by atoms with E-state index in [-0.39, 0.29) is 41.6 Å². The molecule has 3 heterocycles. The van der Waals surface area contributed by atoms with Crippen molar-refractivity contribution in [3.05, 3.63) is 70.8 Å². The minimum absolute atomic E-state index is 0.0000553. The fraction of sp³-hybridized carbons (Fsp3) is 0.419. The number of benzene rings is 2. The first-order valence-corrected chi connectivity index (χ1v) is 13.6. The first kappa shape index (κ1) is 24.4. The SMILES string of the molecule is C[C@@H](CN1C(=O)[C@H]2C[C@@H]1CN2C(=O)CC1c2ccccc2C=Cc2ccccc21)C(=O)N1CCC[C@H]1C#N. The molecule has 0 radical (unpaired) electrons. The Morgan fingerprint density at radius 3 is 2.32 bits per heavy atom. The molecular weight excluding hydrogens is 476 g/mol. The van der Waals surface area contributed by atoms with Crippen LogP contribution in [-0.2, 0) is 14.4 Å². The molecule has 3 aliphatic heterocycles. The van der Waals surface area contributed by atoms with Crippen LogP contribution in [0.15, 0.2) is 48.5 Å². The molecule has 0 N–H and O–H groups in total. The number of nitriles is 1. The molecule has 194 valence electrons. The number of likely N-dealkylation sites (tertiary alicyclic amines) is 3. The molecule has 4 atom stereocenters. The third-order valence-corrected chi connectivity index (χ3v) is 8.75. The number of hydrogen-bond donors (Lipinski definition) is 0. The zero-order valence-electron chi connectivity index (χ0n) is 21.6. The largest absolute Gasteiger partial charge is 0.335 e. The van der Waals surface area contributed by atoms with E-state index in [4.69, 9.17) is 0 Å². The lowest BCUT2D eigenvalue weighted by molar-refractivity contribution is -0.148. The Balaban J connectivity index is 1.15. The van der Waals surface area contributed by atoms with Crippen LogP contribution in [0.1, 0.15) is 60.8 Å². The van der Waals surface area contributed by atoms with Crippen molar-refractivity contribution < 1.29 is 14.4 Å². The summed E-state index contributed by atoms with van der Waals surface area (Å²) in [5.41, 5.74) is 4.48. The second kappa shape index (κ2) is 9.75. The second-order valence-corrected chi connectivity index (χ2v) is 11.0. The van der Waals surface area contributed by atoms with E-state index in [9.17, 15) is 19.6 Å². The molecule has 0 aromatic heterocycles. The average molecular weight is 509 g/mol. The van der Waals surface area contributed by atoms with Crippen LogP contribution in [-0.4, -0.2) is 70.2 Å². The van der Waals surface area contributed by atoms with E-state index in [1.165, 1.54) is 0 Å². The third kappa shape index (κ3) is 4.09. The fourth-order valence-electron chi connectivity index (χ4n) is 6.80. The number of piperazine rings is 1. The highest BCUT2D eigenvalue weighted by Gasteiger charge is 2.52. The minimum atomic E-state index is -0.456. The molecule has 1 aliphatic carbocycles. The Kier molecular flexibility index (Phi) is 6.27. The maximum absolute atomic E-state index is 13.7. The third-order valence-electron chi connectivity index (χ3n) is 8.75. The Hall–Kier alpha value is -3.92. The van der Waals surface area contributed by atoms with Crippen molar-refractivity contribution in [2.45, 2.75) is 56.7 Å². The van der Waals surface area contributed by atoms with Crippen LogP contribution >= 0.6 is 0 Å². The van der Waals surface area contributed by atoms with Crippen molar-refractivity contribution in [1.29, 1.82) is 5.26 Å². The van der Waals surface area contributed by atoms with E-state index >= 15 is 0 Å². The van der Waals surface area contributed by atoms with Gasteiger partial charge in [0.25, 0.3) is 0 Å². The summed E-state index contributed by atoms with van der Waals surface area (Å²) in [7, 11) is 0. The van der Waals surface area contributed by atoms with Gasteiger partial charge in [0.05, 0.1) is 18.0 Å². The minimum Gasteiger partial charge on any atom is -0.335 e. The molecule has 0 saturated carbocycles. The summed E-state index contributed by atoms with van der Waals surface area (Å²) in [6, 6.07) is 17.8. The highest BCUT2D eigenvalue weighted by Crippen LogP contribution is 2.39. The molecule has 2 aromatic rings. The summed E-state index contributed by atoms with van der Waals surface area (Å²) >= 11 is 0. The molecule has 6 rings (SSSR count). The van der Waals surface area contributed by atoms with Gasteiger partial charge in [0.1, 0.15) is 12.1 Å². The maximum Gasteiger partial charge on any atom is 0.245 e. The van der Waals surface area contributed by atoms with Gasteiger partial charge in [0, 0.05) is 32.0 Å². The first-order valence-electron chi connectivity index (χ1n) is 13.6. The van der Waals surface area contributed by atoms with Crippen LogP contribution in [0.4, 0.5) is 0 Å². The lowest BCUT2D eigenvalue weighted by Gasteiger charge is -2.36. The van der Waals surface area contributed by atoms with Gasteiger partial charge in [-0.2, -0.15) is 5.26 Å². The molecule has 3 saturated heterocycles. The molecule has 3 amide bonds. The zero-order valence-corrected chi connectivity index (χ0v) is 21.6.